The van der Waals surface area contributed by atoms with E-state index in [-0.39, 0.29) is 11.9 Å². The molecule has 0 fully saturated rings. The molecule has 7 nitrogen and oxygen atoms in total. The predicted octanol–water partition coefficient (Wildman–Crippen LogP) is 2.23. The molecule has 0 spiro atoms. The van der Waals surface area contributed by atoms with Gasteiger partial charge in [0.15, 0.2) is 10.4 Å². The number of carbonyl (C=O) groups excluding carboxylic acids is 1. The number of halogens is 1. The number of rotatable bonds is 3. The van der Waals surface area contributed by atoms with Crippen molar-refractivity contribution in [1.29, 1.82) is 0 Å². The number of hydrogen-bond donors (Lipinski definition) is 2. The van der Waals surface area contributed by atoms with Gasteiger partial charge in [0.25, 0.3) is 5.89 Å². The highest BCUT2D eigenvalue weighted by molar-refractivity contribution is 9.10. The minimum atomic E-state index is -0.400. The van der Waals surface area contributed by atoms with Gasteiger partial charge in [0, 0.05) is 6.54 Å². The van der Waals surface area contributed by atoms with Crippen molar-refractivity contribution in [3.05, 3.63) is 16.8 Å². The van der Waals surface area contributed by atoms with Crippen molar-refractivity contribution >= 4 is 28.0 Å². The zero-order valence-corrected chi connectivity index (χ0v) is 10.4. The van der Waals surface area contributed by atoms with Gasteiger partial charge in [-0.15, -0.1) is 5.10 Å². The van der Waals surface area contributed by atoms with Crippen LogP contribution >= 0.6 is 15.9 Å². The Labute approximate surface area is 105 Å². The number of furan rings is 1. The minimum Gasteiger partial charge on any atom is -0.444 e. The van der Waals surface area contributed by atoms with E-state index in [9.17, 15) is 4.79 Å². The standard InChI is InChI=1S/C9H9BrN4O3/c1-2-11-8(15)12-9-14-13-7(17-9)5-3-4-6(10)16-5/h3-4H,2H2,1H3,(H2,11,12,14,15). The first-order chi connectivity index (χ1) is 8.19. The summed E-state index contributed by atoms with van der Waals surface area (Å²) in [5.41, 5.74) is 0. The zero-order chi connectivity index (χ0) is 12.3. The van der Waals surface area contributed by atoms with E-state index in [0.29, 0.717) is 17.0 Å². The lowest BCUT2D eigenvalue weighted by Gasteiger charge is -1.99. The van der Waals surface area contributed by atoms with Gasteiger partial charge in [-0.1, -0.05) is 5.10 Å². The summed E-state index contributed by atoms with van der Waals surface area (Å²) in [6.07, 6.45) is 0. The summed E-state index contributed by atoms with van der Waals surface area (Å²) in [6, 6.07) is 2.99. The highest BCUT2D eigenvalue weighted by atomic mass is 79.9. The highest BCUT2D eigenvalue weighted by Crippen LogP contribution is 2.24. The molecular formula is C9H9BrN4O3. The Kier molecular flexibility index (Phi) is 3.43. The van der Waals surface area contributed by atoms with E-state index in [4.69, 9.17) is 8.83 Å². The summed E-state index contributed by atoms with van der Waals surface area (Å²) < 4.78 is 11.0. The van der Waals surface area contributed by atoms with E-state index in [0.717, 1.165) is 0 Å². The van der Waals surface area contributed by atoms with Gasteiger partial charge in [0.2, 0.25) is 0 Å². The second-order valence-corrected chi connectivity index (χ2v) is 3.78. The maximum atomic E-state index is 11.2. The van der Waals surface area contributed by atoms with Crippen molar-refractivity contribution in [3.63, 3.8) is 0 Å². The molecule has 0 saturated heterocycles. The fourth-order valence-electron chi connectivity index (χ4n) is 1.10. The normalized spacial score (nSPS) is 10.2. The third-order valence-corrected chi connectivity index (χ3v) is 2.19. The van der Waals surface area contributed by atoms with Crippen LogP contribution in [-0.2, 0) is 0 Å². The van der Waals surface area contributed by atoms with E-state index >= 15 is 0 Å². The molecule has 2 amide bonds. The largest absolute Gasteiger partial charge is 0.444 e. The van der Waals surface area contributed by atoms with Gasteiger partial charge in [-0.25, -0.2) is 4.79 Å². The third kappa shape index (κ3) is 2.84. The molecule has 2 N–H and O–H groups in total. The lowest BCUT2D eigenvalue weighted by atomic mass is 10.5. The SMILES string of the molecule is CCNC(=O)Nc1nnc(-c2ccc(Br)o2)o1. The molecule has 0 unspecified atom stereocenters. The summed E-state index contributed by atoms with van der Waals surface area (Å²) >= 11 is 3.16. The van der Waals surface area contributed by atoms with Gasteiger partial charge in [-0.2, -0.15) is 0 Å². The molecule has 0 saturated carbocycles. The van der Waals surface area contributed by atoms with Gasteiger partial charge in [-0.3, -0.25) is 5.32 Å². The van der Waals surface area contributed by atoms with Gasteiger partial charge in [-0.05, 0) is 35.0 Å². The van der Waals surface area contributed by atoms with E-state index in [1.165, 1.54) is 0 Å². The monoisotopic (exact) mass is 300 g/mol. The molecule has 0 aliphatic rings. The Morgan fingerprint density at radius 1 is 1.41 bits per heavy atom. The first-order valence-corrected chi connectivity index (χ1v) is 5.62. The van der Waals surface area contributed by atoms with Gasteiger partial charge in [0.1, 0.15) is 0 Å². The molecule has 0 aliphatic carbocycles. The molecule has 2 rings (SSSR count). The molecule has 0 bridgehead atoms. The second-order valence-electron chi connectivity index (χ2n) is 3.00. The van der Waals surface area contributed by atoms with E-state index in [2.05, 4.69) is 36.8 Å². The highest BCUT2D eigenvalue weighted by Gasteiger charge is 2.13. The van der Waals surface area contributed by atoms with E-state index in [1.54, 1.807) is 19.1 Å². The average Bonchev–Trinajstić information content (AvgIpc) is 2.87. The number of anilines is 1. The molecule has 0 radical (unpaired) electrons. The summed E-state index contributed by atoms with van der Waals surface area (Å²) in [4.78, 5) is 11.2. The smallest absolute Gasteiger partial charge is 0.324 e. The van der Waals surface area contributed by atoms with Crippen LogP contribution in [0.15, 0.2) is 25.6 Å². The van der Waals surface area contributed by atoms with Crippen molar-refractivity contribution in [3.8, 4) is 11.7 Å². The molecule has 2 aromatic rings. The lowest BCUT2D eigenvalue weighted by Crippen LogP contribution is -2.28. The fraction of sp³-hybridized carbons (Fsp3) is 0.222. The number of amides is 2. The maximum absolute atomic E-state index is 11.2. The summed E-state index contributed by atoms with van der Waals surface area (Å²) in [7, 11) is 0. The Morgan fingerprint density at radius 3 is 2.88 bits per heavy atom. The van der Waals surface area contributed by atoms with Crippen LogP contribution in [-0.4, -0.2) is 22.8 Å². The predicted molar refractivity (Wildman–Crippen MR) is 62.4 cm³/mol. The van der Waals surface area contributed by atoms with Crippen LogP contribution in [0.3, 0.4) is 0 Å². The fourth-order valence-corrected chi connectivity index (χ4v) is 1.41. The van der Waals surface area contributed by atoms with Crippen LogP contribution in [0.2, 0.25) is 0 Å². The summed E-state index contributed by atoms with van der Waals surface area (Å²) in [5.74, 6) is 0.621. The first kappa shape index (κ1) is 11.6. The van der Waals surface area contributed by atoms with Crippen LogP contribution in [0.25, 0.3) is 11.7 Å². The average molecular weight is 301 g/mol. The molecule has 90 valence electrons. The molecular weight excluding hydrogens is 292 g/mol. The van der Waals surface area contributed by atoms with E-state index in [1.807, 2.05) is 0 Å². The zero-order valence-electron chi connectivity index (χ0n) is 8.86. The molecule has 8 heteroatoms. The number of hydrogen-bond acceptors (Lipinski definition) is 5. The van der Waals surface area contributed by atoms with Gasteiger partial charge >= 0.3 is 12.0 Å². The van der Waals surface area contributed by atoms with Crippen molar-refractivity contribution in [2.24, 2.45) is 0 Å². The second kappa shape index (κ2) is 5.00. The Balaban J connectivity index is 2.08. The quantitative estimate of drug-likeness (QED) is 0.906. The van der Waals surface area contributed by atoms with Crippen LogP contribution in [0.4, 0.5) is 10.8 Å². The van der Waals surface area contributed by atoms with Crippen molar-refractivity contribution in [2.75, 3.05) is 11.9 Å². The molecule has 2 aromatic heterocycles. The number of urea groups is 1. The molecule has 0 aromatic carbocycles. The number of nitrogens with one attached hydrogen (secondary N) is 2. The van der Waals surface area contributed by atoms with Crippen molar-refractivity contribution in [2.45, 2.75) is 6.92 Å². The number of carbonyl (C=O) groups is 1. The Bertz CT molecular complexity index is 522. The lowest BCUT2D eigenvalue weighted by molar-refractivity contribution is 0.252. The summed E-state index contributed by atoms with van der Waals surface area (Å²) in [6.45, 7) is 2.32. The topological polar surface area (TPSA) is 93.2 Å². The van der Waals surface area contributed by atoms with Gasteiger partial charge < -0.3 is 14.2 Å². The van der Waals surface area contributed by atoms with Crippen molar-refractivity contribution < 1.29 is 13.6 Å². The molecule has 17 heavy (non-hydrogen) atoms. The summed E-state index contributed by atoms with van der Waals surface area (Å²) in [5, 5.41) is 12.3. The van der Waals surface area contributed by atoms with Crippen LogP contribution in [0, 0.1) is 0 Å². The Morgan fingerprint density at radius 2 is 2.24 bits per heavy atom. The van der Waals surface area contributed by atoms with Crippen molar-refractivity contribution in [1.82, 2.24) is 15.5 Å². The molecule has 2 heterocycles. The maximum Gasteiger partial charge on any atom is 0.324 e. The van der Waals surface area contributed by atoms with Gasteiger partial charge in [0.05, 0.1) is 0 Å². The number of aromatic nitrogens is 2. The number of nitrogens with zero attached hydrogens (tertiary/aromatic N) is 2. The van der Waals surface area contributed by atoms with Crippen LogP contribution in [0.5, 0.6) is 0 Å². The Hall–Kier alpha value is -1.83. The third-order valence-electron chi connectivity index (χ3n) is 1.77. The van der Waals surface area contributed by atoms with Crippen LogP contribution in [0.1, 0.15) is 6.92 Å². The first-order valence-electron chi connectivity index (χ1n) is 4.83. The molecule has 0 atom stereocenters. The van der Waals surface area contributed by atoms with E-state index < -0.39 is 6.03 Å². The van der Waals surface area contributed by atoms with Crippen LogP contribution < -0.4 is 10.6 Å². The minimum absolute atomic E-state index is 0.0125. The molecule has 0 aliphatic heterocycles.